The SMILES string of the molecule is O=C(COc1ccc(Cl)cc1)Nc1c(-c2ccccc2)nc2sccn12. The van der Waals surface area contributed by atoms with Gasteiger partial charge in [0.2, 0.25) is 0 Å². The van der Waals surface area contributed by atoms with Gasteiger partial charge in [-0.25, -0.2) is 4.98 Å². The lowest BCUT2D eigenvalue weighted by Crippen LogP contribution is -2.21. The second-order valence-corrected chi connectivity index (χ2v) is 6.83. The summed E-state index contributed by atoms with van der Waals surface area (Å²) in [6, 6.07) is 16.6. The van der Waals surface area contributed by atoms with Crippen LogP contribution in [0, 0.1) is 0 Å². The van der Waals surface area contributed by atoms with E-state index in [0.29, 0.717) is 16.6 Å². The van der Waals surface area contributed by atoms with Gasteiger partial charge in [0.25, 0.3) is 5.91 Å². The summed E-state index contributed by atoms with van der Waals surface area (Å²) in [7, 11) is 0. The molecule has 7 heteroatoms. The third-order valence-corrected chi connectivity index (χ3v) is 4.76. The summed E-state index contributed by atoms with van der Waals surface area (Å²) in [6.07, 6.45) is 1.88. The Balaban J connectivity index is 1.55. The molecule has 0 saturated carbocycles. The van der Waals surface area contributed by atoms with Crippen molar-refractivity contribution in [2.75, 3.05) is 11.9 Å². The first-order valence-corrected chi connectivity index (χ1v) is 9.15. The first kappa shape index (κ1) is 16.6. The smallest absolute Gasteiger partial charge is 0.263 e. The highest BCUT2D eigenvalue weighted by molar-refractivity contribution is 7.15. The molecular formula is C19H14ClN3O2S. The molecule has 0 unspecified atom stereocenters. The van der Waals surface area contributed by atoms with Crippen LogP contribution in [0.4, 0.5) is 5.82 Å². The minimum absolute atomic E-state index is 0.104. The summed E-state index contributed by atoms with van der Waals surface area (Å²) in [5.74, 6) is 0.962. The van der Waals surface area contributed by atoms with Gasteiger partial charge in [-0.1, -0.05) is 41.9 Å². The second kappa shape index (κ2) is 7.19. The average molecular weight is 384 g/mol. The normalized spacial score (nSPS) is 10.8. The predicted molar refractivity (Wildman–Crippen MR) is 104 cm³/mol. The molecule has 0 fully saturated rings. The Bertz CT molecular complexity index is 1040. The van der Waals surface area contributed by atoms with Crippen molar-refractivity contribution in [3.63, 3.8) is 0 Å². The molecule has 0 aliphatic heterocycles. The first-order valence-electron chi connectivity index (χ1n) is 7.90. The van der Waals surface area contributed by atoms with Crippen molar-refractivity contribution in [2.24, 2.45) is 0 Å². The molecule has 2 aromatic carbocycles. The highest BCUT2D eigenvalue weighted by Gasteiger charge is 2.17. The maximum Gasteiger partial charge on any atom is 0.263 e. The van der Waals surface area contributed by atoms with Crippen LogP contribution >= 0.6 is 22.9 Å². The molecule has 1 N–H and O–H groups in total. The molecule has 0 aliphatic rings. The zero-order valence-electron chi connectivity index (χ0n) is 13.6. The predicted octanol–water partition coefficient (Wildman–Crippen LogP) is 4.73. The molecule has 4 rings (SSSR count). The van der Waals surface area contributed by atoms with Gasteiger partial charge in [-0.05, 0) is 24.3 Å². The minimum atomic E-state index is -0.259. The van der Waals surface area contributed by atoms with Gasteiger partial charge in [0.05, 0.1) is 0 Å². The van der Waals surface area contributed by atoms with Crippen LogP contribution in [0.5, 0.6) is 5.75 Å². The van der Waals surface area contributed by atoms with Gasteiger partial charge in [-0.3, -0.25) is 9.20 Å². The van der Waals surface area contributed by atoms with Crippen molar-refractivity contribution in [2.45, 2.75) is 0 Å². The van der Waals surface area contributed by atoms with E-state index in [0.717, 1.165) is 16.2 Å². The standard InChI is InChI=1S/C19H14ClN3O2S/c20-14-6-8-15(9-7-14)25-12-16(24)21-18-17(13-4-2-1-3-5-13)22-19-23(18)10-11-26-19/h1-11H,12H2,(H,21,24). The topological polar surface area (TPSA) is 55.6 Å². The lowest BCUT2D eigenvalue weighted by Gasteiger charge is -2.09. The molecule has 0 bridgehead atoms. The number of thiazole rings is 1. The highest BCUT2D eigenvalue weighted by Crippen LogP contribution is 2.30. The Labute approximate surface area is 158 Å². The van der Waals surface area contributed by atoms with E-state index in [1.54, 1.807) is 24.3 Å². The molecule has 2 heterocycles. The molecule has 0 aliphatic carbocycles. The number of carbonyl (C=O) groups is 1. The molecule has 26 heavy (non-hydrogen) atoms. The Kier molecular flexibility index (Phi) is 4.60. The number of nitrogens with zero attached hydrogens (tertiary/aromatic N) is 2. The van der Waals surface area contributed by atoms with E-state index < -0.39 is 0 Å². The van der Waals surface area contributed by atoms with Crippen LogP contribution in [0.15, 0.2) is 66.2 Å². The molecule has 5 nitrogen and oxygen atoms in total. The van der Waals surface area contributed by atoms with Crippen LogP contribution in [0.25, 0.3) is 16.2 Å². The van der Waals surface area contributed by atoms with Crippen molar-refractivity contribution >= 4 is 39.6 Å². The first-order chi connectivity index (χ1) is 12.7. The third-order valence-electron chi connectivity index (χ3n) is 3.75. The van der Waals surface area contributed by atoms with E-state index >= 15 is 0 Å². The zero-order valence-corrected chi connectivity index (χ0v) is 15.1. The minimum Gasteiger partial charge on any atom is -0.484 e. The van der Waals surface area contributed by atoms with E-state index in [1.807, 2.05) is 46.3 Å². The lowest BCUT2D eigenvalue weighted by atomic mass is 10.1. The second-order valence-electron chi connectivity index (χ2n) is 5.52. The monoisotopic (exact) mass is 383 g/mol. The van der Waals surface area contributed by atoms with Crippen molar-refractivity contribution in [1.29, 1.82) is 0 Å². The number of aromatic nitrogens is 2. The van der Waals surface area contributed by atoms with Crippen LogP contribution in [-0.2, 0) is 4.79 Å². The number of fused-ring (bicyclic) bond motifs is 1. The van der Waals surface area contributed by atoms with Crippen LogP contribution in [-0.4, -0.2) is 21.9 Å². The molecule has 0 atom stereocenters. The molecular weight excluding hydrogens is 370 g/mol. The Morgan fingerprint density at radius 1 is 1.15 bits per heavy atom. The summed E-state index contributed by atoms with van der Waals surface area (Å²) in [6.45, 7) is -0.104. The average Bonchev–Trinajstić information content (AvgIpc) is 3.25. The van der Waals surface area contributed by atoms with Crippen molar-refractivity contribution in [1.82, 2.24) is 9.38 Å². The van der Waals surface area contributed by atoms with Gasteiger partial charge in [-0.15, -0.1) is 11.3 Å². The molecule has 0 radical (unpaired) electrons. The Morgan fingerprint density at radius 2 is 1.92 bits per heavy atom. The van der Waals surface area contributed by atoms with Gasteiger partial charge in [-0.2, -0.15) is 0 Å². The molecule has 0 saturated heterocycles. The summed E-state index contributed by atoms with van der Waals surface area (Å²) in [5.41, 5.74) is 1.68. The maximum absolute atomic E-state index is 12.4. The maximum atomic E-state index is 12.4. The van der Waals surface area contributed by atoms with Crippen LogP contribution < -0.4 is 10.1 Å². The molecule has 2 aromatic heterocycles. The number of hydrogen-bond donors (Lipinski definition) is 1. The summed E-state index contributed by atoms with van der Waals surface area (Å²) in [4.78, 5) is 17.9. The molecule has 130 valence electrons. The van der Waals surface area contributed by atoms with Crippen molar-refractivity contribution < 1.29 is 9.53 Å². The van der Waals surface area contributed by atoms with Gasteiger partial charge >= 0.3 is 0 Å². The molecule has 4 aromatic rings. The van der Waals surface area contributed by atoms with Crippen LogP contribution in [0.1, 0.15) is 0 Å². The van der Waals surface area contributed by atoms with Gasteiger partial charge in [0, 0.05) is 22.2 Å². The Hall–Kier alpha value is -2.83. The van der Waals surface area contributed by atoms with E-state index in [9.17, 15) is 4.79 Å². The number of rotatable bonds is 5. The summed E-state index contributed by atoms with van der Waals surface area (Å²) >= 11 is 7.36. The number of nitrogens with one attached hydrogen (secondary N) is 1. The number of imidazole rings is 1. The quantitative estimate of drug-likeness (QED) is 0.541. The number of anilines is 1. The van der Waals surface area contributed by atoms with E-state index in [1.165, 1.54) is 11.3 Å². The molecule has 1 amide bonds. The van der Waals surface area contributed by atoms with Crippen LogP contribution in [0.2, 0.25) is 5.02 Å². The number of ether oxygens (including phenoxy) is 1. The van der Waals surface area contributed by atoms with Crippen molar-refractivity contribution in [3.05, 3.63) is 71.2 Å². The van der Waals surface area contributed by atoms with E-state index in [4.69, 9.17) is 16.3 Å². The fraction of sp³-hybridized carbons (Fsp3) is 0.0526. The largest absolute Gasteiger partial charge is 0.484 e. The number of carbonyl (C=O) groups excluding carboxylic acids is 1. The van der Waals surface area contributed by atoms with Crippen LogP contribution in [0.3, 0.4) is 0 Å². The number of amides is 1. The van der Waals surface area contributed by atoms with E-state index in [2.05, 4.69) is 10.3 Å². The number of halogens is 1. The highest BCUT2D eigenvalue weighted by atomic mass is 35.5. The van der Waals surface area contributed by atoms with Gasteiger partial charge < -0.3 is 10.1 Å². The fourth-order valence-electron chi connectivity index (χ4n) is 2.55. The van der Waals surface area contributed by atoms with Gasteiger partial charge in [0.15, 0.2) is 11.6 Å². The number of hydrogen-bond acceptors (Lipinski definition) is 4. The third kappa shape index (κ3) is 3.42. The lowest BCUT2D eigenvalue weighted by molar-refractivity contribution is -0.118. The Morgan fingerprint density at radius 3 is 2.69 bits per heavy atom. The summed E-state index contributed by atoms with van der Waals surface area (Å²) in [5, 5.41) is 5.46. The van der Waals surface area contributed by atoms with Gasteiger partial charge in [0.1, 0.15) is 17.3 Å². The van der Waals surface area contributed by atoms with E-state index in [-0.39, 0.29) is 12.5 Å². The fourth-order valence-corrected chi connectivity index (χ4v) is 3.39. The number of benzene rings is 2. The summed E-state index contributed by atoms with van der Waals surface area (Å²) < 4.78 is 7.38. The van der Waals surface area contributed by atoms with Crippen molar-refractivity contribution in [3.8, 4) is 17.0 Å². The molecule has 0 spiro atoms. The zero-order chi connectivity index (χ0) is 17.9.